The van der Waals surface area contributed by atoms with Crippen molar-refractivity contribution < 1.29 is 9.53 Å². The number of amides is 1. The molecule has 2 rings (SSSR count). The van der Waals surface area contributed by atoms with Crippen molar-refractivity contribution in [3.05, 3.63) is 23.8 Å². The molecule has 0 bridgehead atoms. The van der Waals surface area contributed by atoms with Crippen molar-refractivity contribution in [3.8, 4) is 0 Å². The van der Waals surface area contributed by atoms with Crippen LogP contribution in [0, 0.1) is 0 Å². The van der Waals surface area contributed by atoms with Crippen LogP contribution in [-0.2, 0) is 17.8 Å². The fourth-order valence-electron chi connectivity index (χ4n) is 1.56. The van der Waals surface area contributed by atoms with Crippen molar-refractivity contribution in [2.45, 2.75) is 39.5 Å². The molecule has 1 aromatic rings. The van der Waals surface area contributed by atoms with E-state index >= 15 is 0 Å². The van der Waals surface area contributed by atoms with Gasteiger partial charge in [-0.1, -0.05) is 0 Å². The number of fused-ring (bicyclic) bond motifs is 1. The van der Waals surface area contributed by atoms with E-state index in [-0.39, 0.29) is 6.09 Å². The predicted molar refractivity (Wildman–Crippen MR) is 57.5 cm³/mol. The molecule has 0 N–H and O–H groups in total. The van der Waals surface area contributed by atoms with Crippen LogP contribution in [0.4, 0.5) is 4.79 Å². The van der Waals surface area contributed by atoms with Crippen LogP contribution in [0.2, 0.25) is 0 Å². The van der Waals surface area contributed by atoms with Crippen LogP contribution in [0.25, 0.3) is 0 Å². The largest absolute Gasteiger partial charge is 0.444 e. The van der Waals surface area contributed by atoms with Crippen LogP contribution in [0.3, 0.4) is 0 Å². The van der Waals surface area contributed by atoms with E-state index in [9.17, 15) is 4.79 Å². The summed E-state index contributed by atoms with van der Waals surface area (Å²) in [5.74, 6) is 0. The SMILES string of the molecule is CC(C)(C)OC(=O)N1Cc2cncnc2C1. The highest BCUT2D eigenvalue weighted by atomic mass is 16.6. The smallest absolute Gasteiger partial charge is 0.410 e. The standard InChI is InChI=1S/C11H15N3O2/c1-11(2,3)16-10(15)14-5-8-4-12-7-13-9(8)6-14/h4,7H,5-6H2,1-3H3. The van der Waals surface area contributed by atoms with Gasteiger partial charge in [0.15, 0.2) is 0 Å². The first-order chi connectivity index (χ1) is 7.46. The molecule has 5 nitrogen and oxygen atoms in total. The quantitative estimate of drug-likeness (QED) is 0.669. The van der Waals surface area contributed by atoms with E-state index in [2.05, 4.69) is 9.97 Å². The summed E-state index contributed by atoms with van der Waals surface area (Å²) in [4.78, 5) is 21.5. The zero-order chi connectivity index (χ0) is 11.8. The van der Waals surface area contributed by atoms with Crippen LogP contribution >= 0.6 is 0 Å². The van der Waals surface area contributed by atoms with E-state index in [4.69, 9.17) is 4.74 Å². The lowest BCUT2D eigenvalue weighted by molar-refractivity contribution is 0.0240. The van der Waals surface area contributed by atoms with Gasteiger partial charge in [-0.3, -0.25) is 4.90 Å². The summed E-state index contributed by atoms with van der Waals surface area (Å²) < 4.78 is 5.29. The highest BCUT2D eigenvalue weighted by molar-refractivity contribution is 5.69. The van der Waals surface area contributed by atoms with Crippen molar-refractivity contribution in [2.24, 2.45) is 0 Å². The number of hydrogen-bond acceptors (Lipinski definition) is 4. The Kier molecular flexibility index (Phi) is 2.53. The summed E-state index contributed by atoms with van der Waals surface area (Å²) in [5.41, 5.74) is 1.44. The first-order valence-electron chi connectivity index (χ1n) is 5.21. The minimum absolute atomic E-state index is 0.300. The Morgan fingerprint density at radius 3 is 2.81 bits per heavy atom. The van der Waals surface area contributed by atoms with E-state index < -0.39 is 5.60 Å². The van der Waals surface area contributed by atoms with Gasteiger partial charge in [0.2, 0.25) is 0 Å². The normalized spacial score (nSPS) is 14.8. The van der Waals surface area contributed by atoms with Gasteiger partial charge in [-0.15, -0.1) is 0 Å². The predicted octanol–water partition coefficient (Wildman–Crippen LogP) is 1.73. The van der Waals surface area contributed by atoms with E-state index in [1.807, 2.05) is 20.8 Å². The lowest BCUT2D eigenvalue weighted by Crippen LogP contribution is -2.33. The van der Waals surface area contributed by atoms with Crippen LogP contribution in [0.5, 0.6) is 0 Å². The average molecular weight is 221 g/mol. The molecule has 5 heteroatoms. The number of rotatable bonds is 0. The van der Waals surface area contributed by atoms with Gasteiger partial charge in [-0.25, -0.2) is 14.8 Å². The van der Waals surface area contributed by atoms with E-state index in [1.54, 1.807) is 11.1 Å². The summed E-state index contributed by atoms with van der Waals surface area (Å²) in [6, 6.07) is 0. The highest BCUT2D eigenvalue weighted by Crippen LogP contribution is 2.21. The molecule has 0 aliphatic carbocycles. The Bertz CT molecular complexity index is 387. The molecule has 1 amide bonds. The van der Waals surface area contributed by atoms with Crippen LogP contribution < -0.4 is 0 Å². The number of hydrogen-bond donors (Lipinski definition) is 0. The second-order valence-corrected chi connectivity index (χ2v) is 4.83. The number of ether oxygens (including phenoxy) is 1. The third-order valence-corrected chi connectivity index (χ3v) is 2.23. The molecule has 0 aromatic carbocycles. The van der Waals surface area contributed by atoms with Gasteiger partial charge < -0.3 is 4.74 Å². The highest BCUT2D eigenvalue weighted by Gasteiger charge is 2.28. The summed E-state index contributed by atoms with van der Waals surface area (Å²) in [6.07, 6.45) is 2.94. The van der Waals surface area contributed by atoms with Gasteiger partial charge in [0.25, 0.3) is 0 Å². The Hall–Kier alpha value is -1.65. The second-order valence-electron chi connectivity index (χ2n) is 4.83. The topological polar surface area (TPSA) is 55.3 Å². The monoisotopic (exact) mass is 221 g/mol. The molecule has 0 saturated heterocycles. The molecule has 1 aliphatic rings. The van der Waals surface area contributed by atoms with Gasteiger partial charge in [0, 0.05) is 11.8 Å². The van der Waals surface area contributed by atoms with Crippen molar-refractivity contribution in [1.29, 1.82) is 0 Å². The number of nitrogens with zero attached hydrogens (tertiary/aromatic N) is 3. The molecule has 86 valence electrons. The summed E-state index contributed by atoms with van der Waals surface area (Å²) in [6.45, 7) is 6.60. The molecule has 1 aliphatic heterocycles. The zero-order valence-corrected chi connectivity index (χ0v) is 9.73. The van der Waals surface area contributed by atoms with Gasteiger partial charge in [-0.05, 0) is 20.8 Å². The Balaban J connectivity index is 2.04. The first kappa shape index (κ1) is 10.9. The molecule has 2 heterocycles. The molecule has 0 unspecified atom stereocenters. The van der Waals surface area contributed by atoms with Crippen LogP contribution in [0.15, 0.2) is 12.5 Å². The van der Waals surface area contributed by atoms with Crippen molar-refractivity contribution in [1.82, 2.24) is 14.9 Å². The lowest BCUT2D eigenvalue weighted by atomic mass is 10.2. The summed E-state index contributed by atoms with van der Waals surface area (Å²) in [5, 5.41) is 0. The third kappa shape index (κ3) is 2.29. The molecule has 1 aromatic heterocycles. The number of carbonyl (C=O) groups is 1. The van der Waals surface area contributed by atoms with Crippen LogP contribution in [-0.4, -0.2) is 26.6 Å². The molecule has 0 radical (unpaired) electrons. The van der Waals surface area contributed by atoms with E-state index in [0.717, 1.165) is 11.3 Å². The van der Waals surface area contributed by atoms with Crippen LogP contribution in [0.1, 0.15) is 32.0 Å². The fourth-order valence-corrected chi connectivity index (χ4v) is 1.56. The maximum absolute atomic E-state index is 11.8. The van der Waals surface area contributed by atoms with Gasteiger partial charge in [0.1, 0.15) is 11.9 Å². The van der Waals surface area contributed by atoms with Gasteiger partial charge in [0.05, 0.1) is 18.8 Å². The summed E-state index contributed by atoms with van der Waals surface area (Å²) in [7, 11) is 0. The second kappa shape index (κ2) is 3.73. The maximum atomic E-state index is 11.8. The van der Waals surface area contributed by atoms with Crippen molar-refractivity contribution in [3.63, 3.8) is 0 Å². The fraction of sp³-hybridized carbons (Fsp3) is 0.545. The minimum Gasteiger partial charge on any atom is -0.444 e. The van der Waals surface area contributed by atoms with E-state index in [0.29, 0.717) is 13.1 Å². The molecule has 0 saturated carbocycles. The van der Waals surface area contributed by atoms with E-state index in [1.165, 1.54) is 6.33 Å². The molecule has 0 fully saturated rings. The molecular weight excluding hydrogens is 206 g/mol. The average Bonchev–Trinajstić information content (AvgIpc) is 2.58. The van der Waals surface area contributed by atoms with Crippen molar-refractivity contribution >= 4 is 6.09 Å². The minimum atomic E-state index is -0.461. The number of carbonyl (C=O) groups excluding carboxylic acids is 1. The molecule has 0 atom stereocenters. The first-order valence-corrected chi connectivity index (χ1v) is 5.21. The summed E-state index contributed by atoms with van der Waals surface area (Å²) >= 11 is 0. The van der Waals surface area contributed by atoms with Gasteiger partial charge in [-0.2, -0.15) is 0 Å². The molecule has 16 heavy (non-hydrogen) atoms. The maximum Gasteiger partial charge on any atom is 0.410 e. The Morgan fingerprint density at radius 2 is 2.19 bits per heavy atom. The number of aromatic nitrogens is 2. The molecule has 0 spiro atoms. The Morgan fingerprint density at radius 1 is 1.44 bits per heavy atom. The molecular formula is C11H15N3O2. The zero-order valence-electron chi connectivity index (χ0n) is 9.73. The van der Waals surface area contributed by atoms with Gasteiger partial charge >= 0.3 is 6.09 Å². The lowest BCUT2D eigenvalue weighted by Gasteiger charge is -2.23. The van der Waals surface area contributed by atoms with Crippen molar-refractivity contribution in [2.75, 3.05) is 0 Å². The Labute approximate surface area is 94.5 Å². The third-order valence-electron chi connectivity index (χ3n) is 2.23.